The first-order valence-electron chi connectivity index (χ1n) is 9.17. The van der Waals surface area contributed by atoms with Crippen LogP contribution in [0.3, 0.4) is 0 Å². The number of benzene rings is 1. The lowest BCUT2D eigenvalue weighted by atomic mass is 10.2. The molecular formula is C20H20N4O4S. The molecule has 1 fully saturated rings. The Morgan fingerprint density at radius 1 is 1.07 bits per heavy atom. The summed E-state index contributed by atoms with van der Waals surface area (Å²) in [6.07, 6.45) is 3.08. The molecule has 1 aliphatic heterocycles. The fraction of sp³-hybridized carbons (Fsp3) is 0.250. The van der Waals surface area contributed by atoms with Crippen LogP contribution in [0.1, 0.15) is 16.1 Å². The van der Waals surface area contributed by atoms with Gasteiger partial charge in [-0.3, -0.25) is 9.78 Å². The molecule has 29 heavy (non-hydrogen) atoms. The Kier molecular flexibility index (Phi) is 4.93. The van der Waals surface area contributed by atoms with Gasteiger partial charge in [-0.25, -0.2) is 13.4 Å². The second-order valence-corrected chi connectivity index (χ2v) is 8.81. The highest BCUT2D eigenvalue weighted by Gasteiger charge is 2.32. The Bertz CT molecular complexity index is 1190. The zero-order valence-electron chi connectivity index (χ0n) is 15.8. The molecule has 150 valence electrons. The summed E-state index contributed by atoms with van der Waals surface area (Å²) >= 11 is 0. The number of aromatic hydroxyl groups is 1. The van der Waals surface area contributed by atoms with E-state index in [-0.39, 0.29) is 42.5 Å². The molecule has 0 radical (unpaired) electrons. The molecule has 0 unspecified atom stereocenters. The number of aryl methyl sites for hydroxylation is 1. The SMILES string of the molecule is Cc1cnc2c(S(=O)(=O)N3CCN(C(=O)c4ncccc4O)CC3)cccc2c1. The van der Waals surface area contributed by atoms with Crippen LogP contribution in [0, 0.1) is 6.92 Å². The normalized spacial score (nSPS) is 15.6. The predicted molar refractivity (Wildman–Crippen MR) is 107 cm³/mol. The third-order valence-electron chi connectivity index (χ3n) is 4.94. The standard InChI is InChI=1S/C20H20N4O4S/c1-14-12-15-4-2-6-17(18(15)22-13-14)29(27,28)24-10-8-23(9-11-24)20(26)19-16(25)5-3-7-21-19/h2-7,12-13,25H,8-11H2,1H3. The molecule has 3 heterocycles. The molecule has 1 aliphatic rings. The van der Waals surface area contributed by atoms with Gasteiger partial charge in [0.15, 0.2) is 5.69 Å². The lowest BCUT2D eigenvalue weighted by molar-refractivity contribution is 0.0688. The summed E-state index contributed by atoms with van der Waals surface area (Å²) in [6.45, 7) is 2.65. The summed E-state index contributed by atoms with van der Waals surface area (Å²) in [5, 5.41) is 10.6. The van der Waals surface area contributed by atoms with Gasteiger partial charge in [-0.1, -0.05) is 12.1 Å². The van der Waals surface area contributed by atoms with E-state index in [1.54, 1.807) is 18.3 Å². The number of para-hydroxylation sites is 1. The fourth-order valence-electron chi connectivity index (χ4n) is 3.43. The van der Waals surface area contributed by atoms with Crippen molar-refractivity contribution in [2.24, 2.45) is 0 Å². The number of nitrogens with zero attached hydrogens (tertiary/aromatic N) is 4. The van der Waals surface area contributed by atoms with Gasteiger partial charge in [0.1, 0.15) is 10.6 Å². The highest BCUT2D eigenvalue weighted by atomic mass is 32.2. The van der Waals surface area contributed by atoms with E-state index in [9.17, 15) is 18.3 Å². The van der Waals surface area contributed by atoms with Crippen molar-refractivity contribution in [1.82, 2.24) is 19.2 Å². The van der Waals surface area contributed by atoms with Gasteiger partial charge < -0.3 is 10.0 Å². The summed E-state index contributed by atoms with van der Waals surface area (Å²) < 4.78 is 27.8. The number of aromatic nitrogens is 2. The van der Waals surface area contributed by atoms with Crippen molar-refractivity contribution >= 4 is 26.8 Å². The van der Waals surface area contributed by atoms with Crippen LogP contribution in [-0.2, 0) is 10.0 Å². The van der Waals surface area contributed by atoms with Gasteiger partial charge in [-0.15, -0.1) is 0 Å². The molecular weight excluding hydrogens is 392 g/mol. The van der Waals surface area contributed by atoms with Gasteiger partial charge in [0.2, 0.25) is 10.0 Å². The number of pyridine rings is 2. The highest BCUT2D eigenvalue weighted by Crippen LogP contribution is 2.26. The molecule has 1 saturated heterocycles. The largest absolute Gasteiger partial charge is 0.505 e. The Morgan fingerprint density at radius 3 is 2.55 bits per heavy atom. The number of carbonyl (C=O) groups excluding carboxylic acids is 1. The molecule has 1 N–H and O–H groups in total. The van der Waals surface area contributed by atoms with E-state index in [1.807, 2.05) is 19.1 Å². The fourth-order valence-corrected chi connectivity index (χ4v) is 5.02. The Hall–Kier alpha value is -3.04. The van der Waals surface area contributed by atoms with Crippen molar-refractivity contribution in [2.75, 3.05) is 26.2 Å². The van der Waals surface area contributed by atoms with E-state index in [0.717, 1.165) is 10.9 Å². The van der Waals surface area contributed by atoms with Gasteiger partial charge in [-0.05, 0) is 36.8 Å². The molecule has 1 amide bonds. The molecule has 4 rings (SSSR count). The highest BCUT2D eigenvalue weighted by molar-refractivity contribution is 7.89. The van der Waals surface area contributed by atoms with Gasteiger partial charge in [0, 0.05) is 44.0 Å². The monoisotopic (exact) mass is 412 g/mol. The molecule has 0 bridgehead atoms. The molecule has 0 saturated carbocycles. The van der Waals surface area contributed by atoms with Crippen LogP contribution in [0.2, 0.25) is 0 Å². The minimum Gasteiger partial charge on any atom is -0.505 e. The van der Waals surface area contributed by atoms with Crippen molar-refractivity contribution in [3.8, 4) is 5.75 Å². The van der Waals surface area contributed by atoms with E-state index >= 15 is 0 Å². The van der Waals surface area contributed by atoms with Crippen LogP contribution in [0.4, 0.5) is 0 Å². The number of sulfonamides is 1. The smallest absolute Gasteiger partial charge is 0.276 e. The Labute approximate surface area is 168 Å². The lowest BCUT2D eigenvalue weighted by Gasteiger charge is -2.34. The van der Waals surface area contributed by atoms with Gasteiger partial charge in [0.05, 0.1) is 5.52 Å². The maximum Gasteiger partial charge on any atom is 0.276 e. The van der Waals surface area contributed by atoms with E-state index in [2.05, 4.69) is 9.97 Å². The number of hydrogen-bond acceptors (Lipinski definition) is 6. The number of carbonyl (C=O) groups is 1. The maximum absolute atomic E-state index is 13.2. The predicted octanol–water partition coefficient (Wildman–Crippen LogP) is 1.79. The lowest BCUT2D eigenvalue weighted by Crippen LogP contribution is -2.50. The summed E-state index contributed by atoms with van der Waals surface area (Å²) in [5.74, 6) is -0.605. The molecule has 0 spiro atoms. The van der Waals surface area contributed by atoms with Crippen LogP contribution >= 0.6 is 0 Å². The summed E-state index contributed by atoms with van der Waals surface area (Å²) in [7, 11) is -3.76. The number of rotatable bonds is 3. The molecule has 8 nitrogen and oxygen atoms in total. The van der Waals surface area contributed by atoms with Crippen LogP contribution in [0.5, 0.6) is 5.75 Å². The van der Waals surface area contributed by atoms with Crippen molar-refractivity contribution in [3.63, 3.8) is 0 Å². The summed E-state index contributed by atoms with van der Waals surface area (Å²) in [5.41, 5.74) is 1.37. The number of amides is 1. The number of hydrogen-bond donors (Lipinski definition) is 1. The summed E-state index contributed by atoms with van der Waals surface area (Å²) in [4.78, 5) is 22.5. The zero-order chi connectivity index (χ0) is 20.6. The molecule has 0 atom stereocenters. The third-order valence-corrected chi connectivity index (χ3v) is 6.87. The third kappa shape index (κ3) is 3.54. The van der Waals surface area contributed by atoms with Crippen LogP contribution in [0.25, 0.3) is 10.9 Å². The first kappa shape index (κ1) is 19.3. The Morgan fingerprint density at radius 2 is 1.83 bits per heavy atom. The molecule has 3 aromatic rings. The van der Waals surface area contributed by atoms with E-state index < -0.39 is 15.9 Å². The molecule has 0 aliphatic carbocycles. The minimum absolute atomic E-state index is 0.0302. The van der Waals surface area contributed by atoms with Crippen molar-refractivity contribution < 1.29 is 18.3 Å². The van der Waals surface area contributed by atoms with Gasteiger partial charge >= 0.3 is 0 Å². The van der Waals surface area contributed by atoms with Crippen molar-refractivity contribution in [3.05, 3.63) is 60.0 Å². The van der Waals surface area contributed by atoms with Gasteiger partial charge in [-0.2, -0.15) is 4.31 Å². The quantitative estimate of drug-likeness (QED) is 0.703. The number of fused-ring (bicyclic) bond motifs is 1. The van der Waals surface area contributed by atoms with E-state index in [0.29, 0.717) is 5.52 Å². The molecule has 9 heteroatoms. The Balaban J connectivity index is 1.56. The van der Waals surface area contributed by atoms with Crippen molar-refractivity contribution in [2.45, 2.75) is 11.8 Å². The minimum atomic E-state index is -3.76. The molecule has 2 aromatic heterocycles. The summed E-state index contributed by atoms with van der Waals surface area (Å²) in [6, 6.07) is 9.94. The second-order valence-electron chi connectivity index (χ2n) is 6.91. The first-order valence-corrected chi connectivity index (χ1v) is 10.6. The van der Waals surface area contributed by atoms with Crippen LogP contribution in [-0.4, -0.2) is 64.8 Å². The molecule has 1 aromatic carbocycles. The first-order chi connectivity index (χ1) is 13.9. The van der Waals surface area contributed by atoms with E-state index in [1.165, 1.54) is 27.5 Å². The second kappa shape index (κ2) is 7.41. The van der Waals surface area contributed by atoms with E-state index in [4.69, 9.17) is 0 Å². The van der Waals surface area contributed by atoms with Crippen LogP contribution in [0.15, 0.2) is 53.7 Å². The average molecular weight is 412 g/mol. The maximum atomic E-state index is 13.2. The number of piperazine rings is 1. The topological polar surface area (TPSA) is 104 Å². The zero-order valence-corrected chi connectivity index (χ0v) is 16.6. The van der Waals surface area contributed by atoms with Crippen molar-refractivity contribution in [1.29, 1.82) is 0 Å². The average Bonchev–Trinajstić information content (AvgIpc) is 2.73. The van der Waals surface area contributed by atoms with Gasteiger partial charge in [0.25, 0.3) is 5.91 Å². The van der Waals surface area contributed by atoms with Crippen LogP contribution < -0.4 is 0 Å².